The number of aliphatic imine (C=N–C) groups is 1. The Morgan fingerprint density at radius 1 is 1.35 bits per heavy atom. The zero-order valence-corrected chi connectivity index (χ0v) is 16.4. The number of guanidine groups is 1. The minimum absolute atomic E-state index is 0. The SMILES string of the molecule is CN=C(NCc1ncnn1C)NCC(C)c1cccc(C)c1.I. The second-order valence-corrected chi connectivity index (χ2v) is 5.42. The molecule has 2 aromatic rings. The van der Waals surface area contributed by atoms with E-state index in [1.54, 1.807) is 18.1 Å². The summed E-state index contributed by atoms with van der Waals surface area (Å²) in [5.41, 5.74) is 2.62. The fourth-order valence-corrected chi connectivity index (χ4v) is 2.21. The van der Waals surface area contributed by atoms with Crippen LogP contribution in [0, 0.1) is 6.92 Å². The third kappa shape index (κ3) is 5.81. The first-order valence-electron chi connectivity index (χ1n) is 7.44. The molecule has 0 saturated carbocycles. The molecule has 1 heterocycles. The second-order valence-electron chi connectivity index (χ2n) is 5.42. The molecule has 126 valence electrons. The quantitative estimate of drug-likeness (QED) is 0.436. The van der Waals surface area contributed by atoms with Crippen molar-refractivity contribution in [3.63, 3.8) is 0 Å². The van der Waals surface area contributed by atoms with Crippen LogP contribution in [0.1, 0.15) is 29.8 Å². The number of nitrogens with one attached hydrogen (secondary N) is 2. The van der Waals surface area contributed by atoms with E-state index >= 15 is 0 Å². The average molecular weight is 428 g/mol. The fraction of sp³-hybridized carbons (Fsp3) is 0.438. The molecular weight excluding hydrogens is 403 g/mol. The van der Waals surface area contributed by atoms with E-state index in [1.165, 1.54) is 11.1 Å². The lowest BCUT2D eigenvalue weighted by molar-refractivity contribution is 0.660. The van der Waals surface area contributed by atoms with Crippen molar-refractivity contribution in [3.05, 3.63) is 47.5 Å². The molecule has 0 aliphatic carbocycles. The van der Waals surface area contributed by atoms with Crippen LogP contribution in [0.4, 0.5) is 0 Å². The van der Waals surface area contributed by atoms with E-state index in [9.17, 15) is 0 Å². The molecule has 1 atom stereocenters. The standard InChI is InChI=1S/C16H24N6.HI/c1-12-6-5-7-14(8-12)13(2)9-18-16(17-3)19-10-15-20-11-21-22(15)4;/h5-8,11,13H,9-10H2,1-4H3,(H2,17,18,19);1H. The molecule has 0 spiro atoms. The van der Waals surface area contributed by atoms with Crippen molar-refractivity contribution >= 4 is 29.9 Å². The highest BCUT2D eigenvalue weighted by molar-refractivity contribution is 14.0. The van der Waals surface area contributed by atoms with Gasteiger partial charge >= 0.3 is 0 Å². The number of benzene rings is 1. The van der Waals surface area contributed by atoms with Crippen molar-refractivity contribution in [3.8, 4) is 0 Å². The molecule has 2 rings (SSSR count). The summed E-state index contributed by atoms with van der Waals surface area (Å²) in [4.78, 5) is 8.42. The van der Waals surface area contributed by atoms with E-state index in [0.717, 1.165) is 18.3 Å². The number of hydrogen-bond donors (Lipinski definition) is 2. The monoisotopic (exact) mass is 428 g/mol. The lowest BCUT2D eigenvalue weighted by Gasteiger charge is -2.16. The van der Waals surface area contributed by atoms with Gasteiger partial charge in [-0.05, 0) is 18.4 Å². The summed E-state index contributed by atoms with van der Waals surface area (Å²) in [7, 11) is 3.64. The summed E-state index contributed by atoms with van der Waals surface area (Å²) in [5.74, 6) is 2.05. The maximum Gasteiger partial charge on any atom is 0.191 e. The van der Waals surface area contributed by atoms with Crippen molar-refractivity contribution in [1.29, 1.82) is 0 Å². The van der Waals surface area contributed by atoms with E-state index in [-0.39, 0.29) is 24.0 Å². The van der Waals surface area contributed by atoms with Gasteiger partial charge in [0.05, 0.1) is 6.54 Å². The normalized spacial score (nSPS) is 12.4. The second kappa shape index (κ2) is 9.49. The Morgan fingerprint density at radius 3 is 2.74 bits per heavy atom. The number of aromatic nitrogens is 3. The Kier molecular flexibility index (Phi) is 8.01. The van der Waals surface area contributed by atoms with E-state index < -0.39 is 0 Å². The van der Waals surface area contributed by atoms with Crippen LogP contribution in [0.5, 0.6) is 0 Å². The molecule has 0 aliphatic rings. The fourth-order valence-electron chi connectivity index (χ4n) is 2.21. The van der Waals surface area contributed by atoms with Gasteiger partial charge in [0.1, 0.15) is 12.2 Å². The summed E-state index contributed by atoms with van der Waals surface area (Å²) in [6, 6.07) is 8.60. The topological polar surface area (TPSA) is 67.1 Å². The first kappa shape index (κ1) is 19.4. The predicted molar refractivity (Wildman–Crippen MR) is 104 cm³/mol. The van der Waals surface area contributed by atoms with Crippen LogP contribution in [-0.4, -0.2) is 34.3 Å². The number of rotatable bonds is 5. The van der Waals surface area contributed by atoms with Crippen LogP contribution in [0.15, 0.2) is 35.6 Å². The van der Waals surface area contributed by atoms with Crippen molar-refractivity contribution < 1.29 is 0 Å². The molecule has 1 unspecified atom stereocenters. The van der Waals surface area contributed by atoms with Gasteiger partial charge in [0.25, 0.3) is 0 Å². The summed E-state index contributed by atoms with van der Waals surface area (Å²) in [6.07, 6.45) is 1.55. The molecule has 1 aromatic heterocycles. The van der Waals surface area contributed by atoms with E-state index in [4.69, 9.17) is 0 Å². The zero-order chi connectivity index (χ0) is 15.9. The van der Waals surface area contributed by atoms with Crippen molar-refractivity contribution in [2.75, 3.05) is 13.6 Å². The van der Waals surface area contributed by atoms with Crippen LogP contribution in [0.2, 0.25) is 0 Å². The lowest BCUT2D eigenvalue weighted by atomic mass is 9.99. The molecule has 0 saturated heterocycles. The first-order chi connectivity index (χ1) is 10.6. The number of halogens is 1. The molecule has 0 amide bonds. The van der Waals surface area contributed by atoms with Crippen LogP contribution in [0.25, 0.3) is 0 Å². The molecule has 2 N–H and O–H groups in total. The number of nitrogens with zero attached hydrogens (tertiary/aromatic N) is 4. The Hall–Kier alpha value is -1.64. The van der Waals surface area contributed by atoms with Crippen molar-refractivity contribution in [2.45, 2.75) is 26.3 Å². The molecule has 6 nitrogen and oxygen atoms in total. The van der Waals surface area contributed by atoms with Crippen molar-refractivity contribution in [2.24, 2.45) is 12.0 Å². The van der Waals surface area contributed by atoms with Gasteiger partial charge in [0, 0.05) is 20.6 Å². The summed E-state index contributed by atoms with van der Waals surface area (Å²) < 4.78 is 1.75. The third-order valence-corrected chi connectivity index (χ3v) is 3.63. The first-order valence-corrected chi connectivity index (χ1v) is 7.44. The smallest absolute Gasteiger partial charge is 0.191 e. The maximum absolute atomic E-state index is 4.24. The third-order valence-electron chi connectivity index (χ3n) is 3.63. The van der Waals surface area contributed by atoms with Gasteiger partial charge in [0.2, 0.25) is 0 Å². The number of hydrogen-bond acceptors (Lipinski definition) is 3. The molecule has 23 heavy (non-hydrogen) atoms. The molecule has 1 aromatic carbocycles. The van der Waals surface area contributed by atoms with Gasteiger partial charge in [0.15, 0.2) is 5.96 Å². The van der Waals surface area contributed by atoms with Crippen LogP contribution in [-0.2, 0) is 13.6 Å². The Morgan fingerprint density at radius 2 is 2.13 bits per heavy atom. The Bertz CT molecular complexity index is 637. The van der Waals surface area contributed by atoms with Gasteiger partial charge in [-0.15, -0.1) is 24.0 Å². The number of aryl methyl sites for hydroxylation is 2. The largest absolute Gasteiger partial charge is 0.356 e. The molecule has 0 radical (unpaired) electrons. The molecular formula is C16H25IN6. The summed E-state index contributed by atoms with van der Waals surface area (Å²) in [6.45, 7) is 5.74. The Balaban J connectivity index is 0.00000264. The molecule has 0 aliphatic heterocycles. The molecule has 0 bridgehead atoms. The lowest BCUT2D eigenvalue weighted by Crippen LogP contribution is -2.39. The van der Waals surface area contributed by atoms with Crippen LogP contribution >= 0.6 is 24.0 Å². The van der Waals surface area contributed by atoms with Gasteiger partial charge in [-0.2, -0.15) is 5.10 Å². The zero-order valence-electron chi connectivity index (χ0n) is 14.1. The summed E-state index contributed by atoms with van der Waals surface area (Å²) in [5, 5.41) is 10.6. The van der Waals surface area contributed by atoms with Crippen LogP contribution in [0.3, 0.4) is 0 Å². The minimum Gasteiger partial charge on any atom is -0.356 e. The highest BCUT2D eigenvalue weighted by Gasteiger charge is 2.07. The van der Waals surface area contributed by atoms with Gasteiger partial charge in [-0.1, -0.05) is 36.8 Å². The molecule has 7 heteroatoms. The Labute approximate surface area is 154 Å². The highest BCUT2D eigenvalue weighted by Crippen LogP contribution is 2.15. The van der Waals surface area contributed by atoms with E-state index in [1.807, 2.05) is 7.05 Å². The van der Waals surface area contributed by atoms with Gasteiger partial charge < -0.3 is 10.6 Å². The minimum atomic E-state index is 0. The van der Waals surface area contributed by atoms with E-state index in [0.29, 0.717) is 12.5 Å². The van der Waals surface area contributed by atoms with Gasteiger partial charge in [-0.3, -0.25) is 9.67 Å². The van der Waals surface area contributed by atoms with Crippen molar-refractivity contribution in [1.82, 2.24) is 25.4 Å². The molecule has 0 fully saturated rings. The maximum atomic E-state index is 4.24. The van der Waals surface area contributed by atoms with E-state index in [2.05, 4.69) is 63.8 Å². The average Bonchev–Trinajstić information content (AvgIpc) is 2.92. The highest BCUT2D eigenvalue weighted by atomic mass is 127. The summed E-state index contributed by atoms with van der Waals surface area (Å²) >= 11 is 0. The predicted octanol–water partition coefficient (Wildman–Crippen LogP) is 2.21. The van der Waals surface area contributed by atoms with Crippen LogP contribution < -0.4 is 10.6 Å². The van der Waals surface area contributed by atoms with Gasteiger partial charge in [-0.25, -0.2) is 4.98 Å².